The Labute approximate surface area is 189 Å². The average Bonchev–Trinajstić information content (AvgIpc) is 3.20. The van der Waals surface area contributed by atoms with E-state index in [-0.39, 0.29) is 17.7 Å². The molecule has 0 amide bonds. The molecule has 4 aromatic rings. The number of allylic oxidation sites excluding steroid dienone is 3. The van der Waals surface area contributed by atoms with Gasteiger partial charge in [0.25, 0.3) is 5.56 Å². The molecule has 0 aliphatic heterocycles. The number of hydrogen-bond acceptors (Lipinski definition) is 5. The van der Waals surface area contributed by atoms with E-state index in [9.17, 15) is 14.4 Å². The number of fused-ring (bicyclic) bond motifs is 1. The molecule has 0 saturated heterocycles. The van der Waals surface area contributed by atoms with Gasteiger partial charge in [0.2, 0.25) is 0 Å². The number of aromatic amines is 1. The SMILES string of the molecule is C=C/C(=C(/C#N)c1cccc(F)c1C)c1c(-c2ccc3c(=O)[nH]nc(CN)c3c2)cnn1C. The zero-order chi connectivity index (χ0) is 23.7. The second-order valence-corrected chi connectivity index (χ2v) is 7.51. The minimum atomic E-state index is -0.393. The highest BCUT2D eigenvalue weighted by molar-refractivity contribution is 6.04. The van der Waals surface area contributed by atoms with Gasteiger partial charge in [0.15, 0.2) is 0 Å². The van der Waals surface area contributed by atoms with Gasteiger partial charge in [0.1, 0.15) is 11.9 Å². The van der Waals surface area contributed by atoms with Crippen molar-refractivity contribution in [3.05, 3.63) is 93.9 Å². The summed E-state index contributed by atoms with van der Waals surface area (Å²) >= 11 is 0. The van der Waals surface area contributed by atoms with E-state index in [2.05, 4.69) is 27.9 Å². The lowest BCUT2D eigenvalue weighted by Crippen LogP contribution is -2.13. The smallest absolute Gasteiger partial charge is 0.272 e. The Bertz CT molecular complexity index is 1540. The first kappa shape index (κ1) is 21.9. The molecule has 0 bridgehead atoms. The van der Waals surface area contributed by atoms with Crippen LogP contribution in [0.2, 0.25) is 0 Å². The van der Waals surface area contributed by atoms with Crippen LogP contribution in [0.1, 0.15) is 22.5 Å². The van der Waals surface area contributed by atoms with Crippen LogP contribution in [0.25, 0.3) is 33.0 Å². The molecule has 0 unspecified atom stereocenters. The van der Waals surface area contributed by atoms with Crippen molar-refractivity contribution >= 4 is 21.9 Å². The molecule has 2 heterocycles. The molecule has 0 spiro atoms. The molecule has 0 radical (unpaired) electrons. The number of nitriles is 1. The van der Waals surface area contributed by atoms with Crippen molar-refractivity contribution in [1.29, 1.82) is 5.26 Å². The molecule has 33 heavy (non-hydrogen) atoms. The Morgan fingerprint density at radius 3 is 2.82 bits per heavy atom. The van der Waals surface area contributed by atoms with Gasteiger partial charge in [0, 0.05) is 30.1 Å². The molecule has 0 aliphatic rings. The van der Waals surface area contributed by atoms with Gasteiger partial charge >= 0.3 is 0 Å². The lowest BCUT2D eigenvalue weighted by Gasteiger charge is -2.13. The van der Waals surface area contributed by atoms with Crippen molar-refractivity contribution in [1.82, 2.24) is 20.0 Å². The average molecular weight is 440 g/mol. The van der Waals surface area contributed by atoms with E-state index in [0.29, 0.717) is 38.9 Å². The van der Waals surface area contributed by atoms with Crippen molar-refractivity contribution < 1.29 is 4.39 Å². The van der Waals surface area contributed by atoms with E-state index in [1.807, 2.05) is 6.07 Å². The van der Waals surface area contributed by atoms with Crippen LogP contribution in [0, 0.1) is 24.1 Å². The highest BCUT2D eigenvalue weighted by Crippen LogP contribution is 2.36. The minimum Gasteiger partial charge on any atom is -0.325 e. The summed E-state index contributed by atoms with van der Waals surface area (Å²) < 4.78 is 15.9. The minimum absolute atomic E-state index is 0.159. The highest BCUT2D eigenvalue weighted by Gasteiger charge is 2.20. The number of aromatic nitrogens is 4. The van der Waals surface area contributed by atoms with E-state index >= 15 is 0 Å². The number of rotatable bonds is 5. The molecule has 2 aromatic carbocycles. The number of H-pyrrole nitrogens is 1. The summed E-state index contributed by atoms with van der Waals surface area (Å²) in [7, 11) is 1.76. The Hall–Kier alpha value is -4.35. The summed E-state index contributed by atoms with van der Waals surface area (Å²) in [5, 5.41) is 22.0. The van der Waals surface area contributed by atoms with Crippen LogP contribution in [-0.2, 0) is 13.6 Å². The topological polar surface area (TPSA) is 113 Å². The molecule has 2 aromatic heterocycles. The number of benzene rings is 2. The predicted octanol–water partition coefficient (Wildman–Crippen LogP) is 3.85. The Balaban J connectivity index is 2.01. The van der Waals surface area contributed by atoms with Gasteiger partial charge in [-0.25, -0.2) is 9.49 Å². The van der Waals surface area contributed by atoms with E-state index in [4.69, 9.17) is 5.73 Å². The summed E-state index contributed by atoms with van der Waals surface area (Å²) in [4.78, 5) is 12.2. The summed E-state index contributed by atoms with van der Waals surface area (Å²) in [6, 6.07) is 12.2. The quantitative estimate of drug-likeness (QED) is 0.361. The number of nitrogens with one attached hydrogen (secondary N) is 1. The maximum Gasteiger partial charge on any atom is 0.272 e. The van der Waals surface area contributed by atoms with Crippen LogP contribution in [0.4, 0.5) is 4.39 Å². The number of nitrogens with two attached hydrogens (primary N) is 1. The van der Waals surface area contributed by atoms with Gasteiger partial charge < -0.3 is 5.73 Å². The van der Waals surface area contributed by atoms with Crippen LogP contribution < -0.4 is 11.3 Å². The second-order valence-electron chi connectivity index (χ2n) is 7.51. The van der Waals surface area contributed by atoms with Crippen molar-refractivity contribution in [3.8, 4) is 17.2 Å². The number of aryl methyl sites for hydroxylation is 1. The van der Waals surface area contributed by atoms with Gasteiger partial charge in [-0.1, -0.05) is 30.9 Å². The van der Waals surface area contributed by atoms with E-state index in [0.717, 1.165) is 11.1 Å². The van der Waals surface area contributed by atoms with E-state index < -0.39 is 5.82 Å². The molecule has 3 N–H and O–H groups in total. The number of hydrogen-bond donors (Lipinski definition) is 2. The van der Waals surface area contributed by atoms with Crippen LogP contribution in [-0.4, -0.2) is 20.0 Å². The first-order chi connectivity index (χ1) is 15.9. The third-order valence-electron chi connectivity index (χ3n) is 5.69. The lowest BCUT2D eigenvalue weighted by molar-refractivity contribution is 0.618. The molecule has 7 nitrogen and oxygen atoms in total. The zero-order valence-electron chi connectivity index (χ0n) is 18.2. The Morgan fingerprint density at radius 2 is 2.12 bits per heavy atom. The maximum atomic E-state index is 14.2. The fourth-order valence-electron chi connectivity index (χ4n) is 3.97. The molecule has 0 fully saturated rings. The fraction of sp³-hybridized carbons (Fsp3) is 0.120. The van der Waals surface area contributed by atoms with Gasteiger partial charge in [-0.05, 0) is 41.8 Å². The molecule has 0 saturated carbocycles. The normalized spacial score (nSPS) is 11.8. The largest absolute Gasteiger partial charge is 0.325 e. The predicted molar refractivity (Wildman–Crippen MR) is 126 cm³/mol. The number of nitrogens with zero attached hydrogens (tertiary/aromatic N) is 4. The summed E-state index contributed by atoms with van der Waals surface area (Å²) in [6.45, 7) is 5.71. The van der Waals surface area contributed by atoms with Crippen molar-refractivity contribution in [3.63, 3.8) is 0 Å². The summed E-state index contributed by atoms with van der Waals surface area (Å²) in [5.74, 6) is -0.393. The molecule has 4 rings (SSSR count). The third-order valence-corrected chi connectivity index (χ3v) is 5.69. The van der Waals surface area contributed by atoms with Crippen LogP contribution in [0.3, 0.4) is 0 Å². The first-order valence-corrected chi connectivity index (χ1v) is 10.2. The van der Waals surface area contributed by atoms with E-state index in [1.165, 1.54) is 6.07 Å². The Kier molecular flexibility index (Phi) is 5.73. The van der Waals surface area contributed by atoms with Crippen molar-refractivity contribution in [2.75, 3.05) is 0 Å². The lowest BCUT2D eigenvalue weighted by atomic mass is 9.92. The maximum absolute atomic E-state index is 14.2. The van der Waals surface area contributed by atoms with Gasteiger partial charge in [-0.2, -0.15) is 15.5 Å². The van der Waals surface area contributed by atoms with Crippen LogP contribution >= 0.6 is 0 Å². The van der Waals surface area contributed by atoms with Crippen molar-refractivity contribution in [2.45, 2.75) is 13.5 Å². The van der Waals surface area contributed by atoms with E-state index in [1.54, 1.807) is 55.2 Å². The van der Waals surface area contributed by atoms with Gasteiger partial charge in [-0.15, -0.1) is 0 Å². The standard InChI is InChI=1S/C25H21FN6O/c1-4-16(20(11-27)17-6-5-7-22(26)14(17)2)24-21(13-29-32(24)3)15-8-9-18-19(10-15)23(12-28)30-31-25(18)33/h4-10,13H,1,12,28H2,2-3H3,(H,31,33)/b20-16+. The summed E-state index contributed by atoms with van der Waals surface area (Å²) in [6.07, 6.45) is 3.25. The third kappa shape index (κ3) is 3.64. The van der Waals surface area contributed by atoms with Crippen molar-refractivity contribution in [2.24, 2.45) is 12.8 Å². The van der Waals surface area contributed by atoms with Gasteiger partial charge in [-0.3, -0.25) is 9.48 Å². The van der Waals surface area contributed by atoms with Crippen LogP contribution in [0.5, 0.6) is 0 Å². The zero-order valence-corrected chi connectivity index (χ0v) is 18.2. The molecule has 164 valence electrons. The fourth-order valence-corrected chi connectivity index (χ4v) is 3.97. The highest BCUT2D eigenvalue weighted by atomic mass is 19.1. The van der Waals surface area contributed by atoms with Gasteiger partial charge in [0.05, 0.1) is 28.5 Å². The second kappa shape index (κ2) is 8.65. The molecule has 0 atom stereocenters. The molecular weight excluding hydrogens is 419 g/mol. The molecular formula is C25H21FN6O. The molecule has 8 heteroatoms. The first-order valence-electron chi connectivity index (χ1n) is 10.2. The molecule has 0 aliphatic carbocycles. The summed E-state index contributed by atoms with van der Waals surface area (Å²) in [5.41, 5.74) is 9.86. The Morgan fingerprint density at radius 1 is 1.33 bits per heavy atom. The number of halogens is 1. The van der Waals surface area contributed by atoms with Crippen LogP contribution in [0.15, 0.2) is 60.0 Å². The monoisotopic (exact) mass is 440 g/mol.